The molecule has 1 aliphatic heterocycles. The third kappa shape index (κ3) is 4.56. The van der Waals surface area contributed by atoms with Gasteiger partial charge in [0.05, 0.1) is 26.0 Å². The third-order valence-corrected chi connectivity index (χ3v) is 1.82. The summed E-state index contributed by atoms with van der Waals surface area (Å²) in [5, 5.41) is 3.17. The number of epoxide rings is 1. The molecule has 0 atom stereocenters. The molecule has 1 fully saturated rings. The standard InChI is InChI=1S/C9H14N2O.C2H4O/c1-3-11-7-4-5-8(10)9(6-7)12-2;1-2-3-1/h4-6,11H,3,10H2,1-2H3;1-2H2. The second kappa shape index (κ2) is 6.14. The van der Waals surface area contributed by atoms with Crippen molar-refractivity contribution in [3.05, 3.63) is 18.2 Å². The molecule has 0 saturated carbocycles. The molecule has 0 aromatic heterocycles. The fourth-order valence-corrected chi connectivity index (χ4v) is 1.03. The number of benzene rings is 1. The fourth-order valence-electron chi connectivity index (χ4n) is 1.03. The van der Waals surface area contributed by atoms with Crippen molar-refractivity contribution < 1.29 is 9.47 Å². The van der Waals surface area contributed by atoms with E-state index in [0.29, 0.717) is 11.4 Å². The maximum Gasteiger partial charge on any atom is 0.143 e. The molecule has 3 N–H and O–H groups in total. The Labute approximate surface area is 90.4 Å². The zero-order valence-corrected chi connectivity index (χ0v) is 9.25. The lowest BCUT2D eigenvalue weighted by molar-refractivity contribution is 0.417. The molecule has 0 spiro atoms. The Kier molecular flexibility index (Phi) is 4.77. The lowest BCUT2D eigenvalue weighted by Crippen LogP contribution is -1.98. The Balaban J connectivity index is 0.000000319. The largest absolute Gasteiger partial charge is 0.495 e. The molecule has 0 radical (unpaired) electrons. The van der Waals surface area contributed by atoms with E-state index in [-0.39, 0.29) is 0 Å². The summed E-state index contributed by atoms with van der Waals surface area (Å²) in [4.78, 5) is 0. The molecule has 15 heavy (non-hydrogen) atoms. The van der Waals surface area contributed by atoms with Crippen LogP contribution in [0.3, 0.4) is 0 Å². The molecule has 4 nitrogen and oxygen atoms in total. The topological polar surface area (TPSA) is 59.8 Å². The minimum Gasteiger partial charge on any atom is -0.495 e. The van der Waals surface area contributed by atoms with E-state index in [1.165, 1.54) is 0 Å². The smallest absolute Gasteiger partial charge is 0.143 e. The summed E-state index contributed by atoms with van der Waals surface area (Å²) in [6, 6.07) is 5.65. The normalized spacial score (nSPS) is 12.4. The molecule has 0 amide bonds. The molecule has 2 rings (SSSR count). The van der Waals surface area contributed by atoms with Gasteiger partial charge in [0.1, 0.15) is 5.75 Å². The lowest BCUT2D eigenvalue weighted by Gasteiger charge is -2.07. The van der Waals surface area contributed by atoms with Crippen LogP contribution in [0, 0.1) is 0 Å². The van der Waals surface area contributed by atoms with Gasteiger partial charge in [-0.3, -0.25) is 0 Å². The number of ether oxygens (including phenoxy) is 2. The molecule has 0 unspecified atom stereocenters. The van der Waals surface area contributed by atoms with Crippen LogP contribution in [0.15, 0.2) is 18.2 Å². The summed E-state index contributed by atoms with van der Waals surface area (Å²) in [5.41, 5.74) is 7.34. The van der Waals surface area contributed by atoms with Gasteiger partial charge in [-0.15, -0.1) is 0 Å². The van der Waals surface area contributed by atoms with E-state index >= 15 is 0 Å². The highest BCUT2D eigenvalue weighted by Gasteiger charge is 1.98. The predicted octanol–water partition coefficient (Wildman–Crippen LogP) is 1.73. The van der Waals surface area contributed by atoms with E-state index < -0.39 is 0 Å². The molecular weight excluding hydrogens is 192 g/mol. The molecule has 1 aromatic rings. The third-order valence-electron chi connectivity index (χ3n) is 1.82. The average molecular weight is 210 g/mol. The maximum atomic E-state index is 5.64. The van der Waals surface area contributed by atoms with Crippen molar-refractivity contribution in [2.45, 2.75) is 6.92 Å². The summed E-state index contributed by atoms with van der Waals surface area (Å²) in [6.45, 7) is 4.94. The maximum absolute atomic E-state index is 5.64. The van der Waals surface area contributed by atoms with Crippen LogP contribution in [0.2, 0.25) is 0 Å². The SMILES string of the molecule is C1CO1.CCNc1ccc(N)c(OC)c1. The zero-order valence-electron chi connectivity index (χ0n) is 9.25. The average Bonchev–Trinajstić information content (AvgIpc) is 3.08. The highest BCUT2D eigenvalue weighted by atomic mass is 16.6. The van der Waals surface area contributed by atoms with E-state index in [1.54, 1.807) is 7.11 Å². The second-order valence-corrected chi connectivity index (χ2v) is 3.10. The summed E-state index contributed by atoms with van der Waals surface area (Å²) in [5.74, 6) is 0.716. The molecule has 84 valence electrons. The Morgan fingerprint density at radius 3 is 2.60 bits per heavy atom. The first-order chi connectivity index (χ1) is 7.27. The molecule has 0 aliphatic carbocycles. The minimum atomic E-state index is 0.666. The molecule has 1 saturated heterocycles. The number of hydrogen-bond donors (Lipinski definition) is 2. The lowest BCUT2D eigenvalue weighted by atomic mass is 10.2. The van der Waals surface area contributed by atoms with Gasteiger partial charge in [0.15, 0.2) is 0 Å². The van der Waals surface area contributed by atoms with Crippen LogP contribution in [-0.4, -0.2) is 26.9 Å². The van der Waals surface area contributed by atoms with Crippen LogP contribution < -0.4 is 15.8 Å². The van der Waals surface area contributed by atoms with E-state index in [4.69, 9.17) is 10.5 Å². The van der Waals surface area contributed by atoms with Crippen molar-refractivity contribution in [1.82, 2.24) is 0 Å². The molecule has 1 heterocycles. The van der Waals surface area contributed by atoms with Crippen molar-refractivity contribution in [2.75, 3.05) is 37.9 Å². The van der Waals surface area contributed by atoms with Crippen molar-refractivity contribution >= 4 is 11.4 Å². The van der Waals surface area contributed by atoms with Gasteiger partial charge >= 0.3 is 0 Å². The number of nitrogens with two attached hydrogens (primary N) is 1. The number of anilines is 2. The van der Waals surface area contributed by atoms with Gasteiger partial charge in [-0.2, -0.15) is 0 Å². The highest BCUT2D eigenvalue weighted by molar-refractivity contribution is 5.61. The summed E-state index contributed by atoms with van der Waals surface area (Å²) in [6.07, 6.45) is 0. The number of rotatable bonds is 3. The Bertz CT molecular complexity index is 298. The fraction of sp³-hybridized carbons (Fsp3) is 0.455. The van der Waals surface area contributed by atoms with Gasteiger partial charge in [0.25, 0.3) is 0 Å². The predicted molar refractivity (Wildman–Crippen MR) is 62.4 cm³/mol. The van der Waals surface area contributed by atoms with Gasteiger partial charge in [-0.25, -0.2) is 0 Å². The van der Waals surface area contributed by atoms with Crippen LogP contribution in [-0.2, 0) is 4.74 Å². The van der Waals surface area contributed by atoms with Crippen LogP contribution in [0.1, 0.15) is 6.92 Å². The number of methoxy groups -OCH3 is 1. The van der Waals surface area contributed by atoms with E-state index in [1.807, 2.05) is 25.1 Å². The van der Waals surface area contributed by atoms with Crippen LogP contribution in [0.4, 0.5) is 11.4 Å². The summed E-state index contributed by atoms with van der Waals surface area (Å²) in [7, 11) is 1.61. The number of hydrogen-bond acceptors (Lipinski definition) is 4. The Hall–Kier alpha value is -1.42. The molecular formula is C11H18N2O2. The highest BCUT2D eigenvalue weighted by Crippen LogP contribution is 2.24. The first kappa shape index (κ1) is 11.7. The van der Waals surface area contributed by atoms with Gasteiger partial charge < -0.3 is 20.5 Å². The van der Waals surface area contributed by atoms with E-state index in [0.717, 1.165) is 25.4 Å². The summed E-state index contributed by atoms with van der Waals surface area (Å²) < 4.78 is 9.57. The molecule has 4 heteroatoms. The van der Waals surface area contributed by atoms with Gasteiger partial charge in [0.2, 0.25) is 0 Å². The number of nitrogen functional groups attached to an aromatic ring is 1. The van der Waals surface area contributed by atoms with Crippen molar-refractivity contribution in [3.8, 4) is 5.75 Å². The van der Waals surface area contributed by atoms with E-state index in [9.17, 15) is 0 Å². The summed E-state index contributed by atoms with van der Waals surface area (Å²) >= 11 is 0. The molecule has 0 bridgehead atoms. The Morgan fingerprint density at radius 1 is 1.47 bits per heavy atom. The van der Waals surface area contributed by atoms with Gasteiger partial charge in [-0.1, -0.05) is 0 Å². The first-order valence-corrected chi connectivity index (χ1v) is 5.03. The van der Waals surface area contributed by atoms with Crippen LogP contribution in [0.25, 0.3) is 0 Å². The van der Waals surface area contributed by atoms with Gasteiger partial charge in [-0.05, 0) is 19.1 Å². The first-order valence-electron chi connectivity index (χ1n) is 5.03. The van der Waals surface area contributed by atoms with Crippen molar-refractivity contribution in [2.24, 2.45) is 0 Å². The minimum absolute atomic E-state index is 0.666. The van der Waals surface area contributed by atoms with Crippen LogP contribution in [0.5, 0.6) is 5.75 Å². The molecule has 1 aromatic carbocycles. The van der Waals surface area contributed by atoms with Gasteiger partial charge in [0, 0.05) is 18.3 Å². The quantitative estimate of drug-likeness (QED) is 0.589. The van der Waals surface area contributed by atoms with Crippen LogP contribution >= 0.6 is 0 Å². The van der Waals surface area contributed by atoms with Crippen molar-refractivity contribution in [3.63, 3.8) is 0 Å². The Morgan fingerprint density at radius 2 is 2.13 bits per heavy atom. The monoisotopic (exact) mass is 210 g/mol. The zero-order chi connectivity index (χ0) is 11.1. The molecule has 1 aliphatic rings. The van der Waals surface area contributed by atoms with Crippen molar-refractivity contribution in [1.29, 1.82) is 0 Å². The second-order valence-electron chi connectivity index (χ2n) is 3.10. The van der Waals surface area contributed by atoms with E-state index in [2.05, 4.69) is 10.1 Å². The number of nitrogens with one attached hydrogen (secondary N) is 1.